The monoisotopic (exact) mass is 479 g/mol. The van der Waals surface area contributed by atoms with E-state index >= 15 is 0 Å². The molecule has 1 aromatic rings. The SMILES string of the molecule is O=C(COc1ccc(Cl)c(F)c1)N[C@@H]1CC(C(=O)NCC2NNC3CCCCN32)C2CC1C2. The number of carbonyl (C=O) groups is 2. The molecule has 5 aliphatic rings. The standard InChI is InChI=1S/C23H31ClFN5O3/c24-17-5-4-15(9-18(17)25)33-12-22(31)27-19-10-16(13-7-14(19)8-13)23(32)26-11-21-29-28-20-3-1-2-6-30(20)21/h4-5,9,13-14,16,19-21,28-29H,1-3,6-8,10-12H2,(H,26,32)(H,27,31)/t13?,14?,16?,19-,20?,21?/m1/s1. The maximum absolute atomic E-state index is 13.5. The lowest BCUT2D eigenvalue weighted by Gasteiger charge is -2.50. The van der Waals surface area contributed by atoms with Gasteiger partial charge in [0.1, 0.15) is 11.6 Å². The fourth-order valence-electron chi connectivity index (χ4n) is 5.74. The summed E-state index contributed by atoms with van der Waals surface area (Å²) in [6.07, 6.45) is 6.58. The first-order valence-corrected chi connectivity index (χ1v) is 12.3. The highest BCUT2D eigenvalue weighted by atomic mass is 35.5. The number of nitrogens with zero attached hydrogens (tertiary/aromatic N) is 1. The van der Waals surface area contributed by atoms with Crippen molar-refractivity contribution in [2.45, 2.75) is 56.9 Å². The van der Waals surface area contributed by atoms with Gasteiger partial charge in [0, 0.05) is 31.1 Å². The van der Waals surface area contributed by atoms with E-state index < -0.39 is 5.82 Å². The molecule has 1 aromatic carbocycles. The van der Waals surface area contributed by atoms with E-state index in [-0.39, 0.29) is 47.3 Å². The quantitative estimate of drug-likeness (QED) is 0.476. The van der Waals surface area contributed by atoms with Crippen molar-refractivity contribution in [2.75, 3.05) is 19.7 Å². The van der Waals surface area contributed by atoms with Gasteiger partial charge in [-0.15, -0.1) is 0 Å². The Bertz CT molecular complexity index is 899. The van der Waals surface area contributed by atoms with Crippen LogP contribution in [-0.4, -0.2) is 54.8 Å². The predicted octanol–water partition coefficient (Wildman–Crippen LogP) is 1.75. The number of hydrogen-bond acceptors (Lipinski definition) is 6. The topological polar surface area (TPSA) is 94.7 Å². The summed E-state index contributed by atoms with van der Waals surface area (Å²) in [7, 11) is 0. The van der Waals surface area contributed by atoms with E-state index in [0.29, 0.717) is 31.0 Å². The Labute approximate surface area is 197 Å². The third-order valence-electron chi connectivity index (χ3n) is 7.63. The molecule has 0 aromatic heterocycles. The van der Waals surface area contributed by atoms with E-state index in [1.54, 1.807) is 0 Å². The molecule has 5 fully saturated rings. The second-order valence-corrected chi connectivity index (χ2v) is 10.1. The van der Waals surface area contributed by atoms with E-state index in [9.17, 15) is 14.0 Å². The number of rotatable bonds is 7. The average molecular weight is 480 g/mol. The van der Waals surface area contributed by atoms with Gasteiger partial charge < -0.3 is 15.4 Å². The number of piperidine rings is 1. The second-order valence-electron chi connectivity index (χ2n) is 9.67. The molecule has 3 unspecified atom stereocenters. The Morgan fingerprint density at radius 1 is 1.18 bits per heavy atom. The number of hydrazine groups is 1. The fraction of sp³-hybridized carbons (Fsp3) is 0.652. The van der Waals surface area contributed by atoms with Crippen LogP contribution in [0.25, 0.3) is 0 Å². The number of ether oxygens (including phenoxy) is 1. The van der Waals surface area contributed by atoms with Crippen LogP contribution in [0.2, 0.25) is 5.02 Å². The predicted molar refractivity (Wildman–Crippen MR) is 121 cm³/mol. The summed E-state index contributed by atoms with van der Waals surface area (Å²) in [6.45, 7) is 1.40. The minimum atomic E-state index is -0.587. The molecule has 6 rings (SSSR count). The summed E-state index contributed by atoms with van der Waals surface area (Å²) in [5, 5.41) is 6.18. The zero-order valence-corrected chi connectivity index (χ0v) is 19.2. The van der Waals surface area contributed by atoms with Gasteiger partial charge in [0.2, 0.25) is 5.91 Å². The second kappa shape index (κ2) is 9.74. The van der Waals surface area contributed by atoms with Crippen LogP contribution in [0.5, 0.6) is 5.75 Å². The van der Waals surface area contributed by atoms with Crippen molar-refractivity contribution in [2.24, 2.45) is 17.8 Å². The van der Waals surface area contributed by atoms with E-state index in [4.69, 9.17) is 16.3 Å². The van der Waals surface area contributed by atoms with Crippen molar-refractivity contribution in [3.63, 3.8) is 0 Å². The van der Waals surface area contributed by atoms with Crippen LogP contribution < -0.4 is 26.2 Å². The van der Waals surface area contributed by atoms with Gasteiger partial charge >= 0.3 is 0 Å². The highest BCUT2D eigenvalue weighted by Gasteiger charge is 2.49. The first-order valence-electron chi connectivity index (χ1n) is 11.9. The summed E-state index contributed by atoms with van der Waals surface area (Å²) in [5.41, 5.74) is 6.63. The molecule has 180 valence electrons. The molecule has 3 aliphatic carbocycles. The molecule has 3 saturated carbocycles. The minimum Gasteiger partial charge on any atom is -0.484 e. The average Bonchev–Trinajstić information content (AvgIpc) is 3.20. The summed E-state index contributed by atoms with van der Waals surface area (Å²) in [5.74, 6) is 0.195. The lowest BCUT2D eigenvalue weighted by atomic mass is 9.57. The molecule has 2 amide bonds. The largest absolute Gasteiger partial charge is 0.484 e. The number of amides is 2. The van der Waals surface area contributed by atoms with Crippen molar-refractivity contribution in [1.29, 1.82) is 0 Å². The molecular formula is C23H31ClFN5O3. The maximum atomic E-state index is 13.5. The van der Waals surface area contributed by atoms with Crippen molar-refractivity contribution in [1.82, 2.24) is 26.4 Å². The van der Waals surface area contributed by atoms with Crippen molar-refractivity contribution >= 4 is 23.4 Å². The lowest BCUT2D eigenvalue weighted by molar-refractivity contribution is -0.136. The molecule has 0 radical (unpaired) electrons. The number of benzene rings is 1. The molecule has 8 nitrogen and oxygen atoms in total. The smallest absolute Gasteiger partial charge is 0.258 e. The summed E-state index contributed by atoms with van der Waals surface area (Å²) in [4.78, 5) is 27.8. The minimum absolute atomic E-state index is 0.00795. The van der Waals surface area contributed by atoms with E-state index in [1.165, 1.54) is 25.0 Å². The van der Waals surface area contributed by atoms with E-state index in [2.05, 4.69) is 26.4 Å². The Morgan fingerprint density at radius 3 is 2.85 bits per heavy atom. The summed E-state index contributed by atoms with van der Waals surface area (Å²) < 4.78 is 18.9. The first-order chi connectivity index (χ1) is 16.0. The van der Waals surface area contributed by atoms with Gasteiger partial charge in [-0.3, -0.25) is 14.5 Å². The summed E-state index contributed by atoms with van der Waals surface area (Å²) in [6, 6.07) is 4.04. The van der Waals surface area contributed by atoms with Crippen LogP contribution in [-0.2, 0) is 9.59 Å². The molecule has 2 heterocycles. The number of carbonyl (C=O) groups excluding carboxylic acids is 2. The molecule has 4 atom stereocenters. The fourth-order valence-corrected chi connectivity index (χ4v) is 5.86. The molecule has 4 N–H and O–H groups in total. The highest BCUT2D eigenvalue weighted by molar-refractivity contribution is 6.30. The number of fused-ring (bicyclic) bond motifs is 3. The summed E-state index contributed by atoms with van der Waals surface area (Å²) >= 11 is 5.67. The zero-order chi connectivity index (χ0) is 22.9. The molecule has 0 spiro atoms. The Balaban J connectivity index is 1.09. The van der Waals surface area contributed by atoms with Crippen LogP contribution in [0.3, 0.4) is 0 Å². The van der Waals surface area contributed by atoms with Crippen molar-refractivity contribution < 1.29 is 18.7 Å². The van der Waals surface area contributed by atoms with Gasteiger partial charge in [-0.2, -0.15) is 0 Å². The van der Waals surface area contributed by atoms with Crippen LogP contribution in [0.4, 0.5) is 4.39 Å². The third kappa shape index (κ3) is 4.96. The van der Waals surface area contributed by atoms with Gasteiger partial charge in [-0.25, -0.2) is 15.2 Å². The van der Waals surface area contributed by atoms with Gasteiger partial charge in [0.15, 0.2) is 6.61 Å². The van der Waals surface area contributed by atoms with Gasteiger partial charge in [-0.05, 0) is 62.5 Å². The number of nitrogens with one attached hydrogen (secondary N) is 4. The van der Waals surface area contributed by atoms with Crippen LogP contribution in [0.15, 0.2) is 18.2 Å². The van der Waals surface area contributed by atoms with E-state index in [0.717, 1.165) is 31.9 Å². The molecule has 10 heteroatoms. The third-order valence-corrected chi connectivity index (χ3v) is 7.94. The maximum Gasteiger partial charge on any atom is 0.258 e. The molecule has 2 aliphatic heterocycles. The Kier molecular flexibility index (Phi) is 6.74. The highest BCUT2D eigenvalue weighted by Crippen LogP contribution is 2.49. The molecule has 33 heavy (non-hydrogen) atoms. The van der Waals surface area contributed by atoms with Crippen LogP contribution >= 0.6 is 11.6 Å². The zero-order valence-electron chi connectivity index (χ0n) is 18.5. The van der Waals surface area contributed by atoms with Crippen LogP contribution in [0, 0.1) is 23.6 Å². The van der Waals surface area contributed by atoms with Gasteiger partial charge in [0.25, 0.3) is 5.91 Å². The number of halogens is 2. The first kappa shape index (κ1) is 22.8. The normalized spacial score (nSPS) is 33.0. The van der Waals surface area contributed by atoms with Gasteiger partial charge in [-0.1, -0.05) is 11.6 Å². The van der Waals surface area contributed by atoms with Gasteiger partial charge in [0.05, 0.1) is 17.4 Å². The lowest BCUT2D eigenvalue weighted by Crippen LogP contribution is -2.57. The van der Waals surface area contributed by atoms with Crippen LogP contribution in [0.1, 0.15) is 38.5 Å². The molecule has 2 bridgehead atoms. The van der Waals surface area contributed by atoms with Crippen molar-refractivity contribution in [3.05, 3.63) is 29.0 Å². The number of hydrogen-bond donors (Lipinski definition) is 4. The Morgan fingerprint density at radius 2 is 2.03 bits per heavy atom. The van der Waals surface area contributed by atoms with Crippen molar-refractivity contribution in [3.8, 4) is 5.75 Å². The molecule has 2 saturated heterocycles. The Hall–Kier alpha value is -1.94. The molecular weight excluding hydrogens is 449 g/mol. The van der Waals surface area contributed by atoms with E-state index in [1.807, 2.05) is 0 Å².